The molecule has 30 heavy (non-hydrogen) atoms. The number of ether oxygens (including phenoxy) is 1. The molecule has 1 spiro atoms. The number of piperidine rings is 1. The van der Waals surface area contributed by atoms with E-state index < -0.39 is 0 Å². The van der Waals surface area contributed by atoms with Gasteiger partial charge in [0.25, 0.3) is 0 Å². The molecule has 3 N–H and O–H groups in total. The average Bonchev–Trinajstić information content (AvgIpc) is 3.03. The molecule has 3 heterocycles. The van der Waals surface area contributed by atoms with Gasteiger partial charge in [0.05, 0.1) is 41.3 Å². The van der Waals surface area contributed by atoms with Crippen molar-refractivity contribution in [3.8, 4) is 17.3 Å². The van der Waals surface area contributed by atoms with Gasteiger partial charge in [-0.1, -0.05) is 23.7 Å². The Balaban J connectivity index is 1.64. The second-order valence-electron chi connectivity index (χ2n) is 8.26. The summed E-state index contributed by atoms with van der Waals surface area (Å²) in [5, 5.41) is 19.6. The zero-order chi connectivity index (χ0) is 21.5. The molecule has 2 aliphatic heterocycles. The zero-order valence-corrected chi connectivity index (χ0v) is 18.0. The van der Waals surface area contributed by atoms with E-state index in [0.29, 0.717) is 45.7 Å². The third-order valence-electron chi connectivity index (χ3n) is 6.55. The minimum Gasteiger partial charge on any atom is -0.390 e. The molecule has 2 aromatic rings. The summed E-state index contributed by atoms with van der Waals surface area (Å²) >= 11 is 6.41. The highest BCUT2D eigenvalue weighted by Crippen LogP contribution is 2.42. The summed E-state index contributed by atoms with van der Waals surface area (Å²) < 4.78 is 5.81. The van der Waals surface area contributed by atoms with Crippen LogP contribution < -0.4 is 10.6 Å². The molecular weight excluding hydrogens is 402 g/mol. The van der Waals surface area contributed by atoms with E-state index in [1.54, 1.807) is 12.1 Å². The van der Waals surface area contributed by atoms with Gasteiger partial charge in [0.1, 0.15) is 11.8 Å². The first-order valence-electron chi connectivity index (χ1n) is 10.2. The van der Waals surface area contributed by atoms with E-state index in [1.807, 2.05) is 19.9 Å². The van der Waals surface area contributed by atoms with Crippen LogP contribution in [0.3, 0.4) is 0 Å². The Labute approximate surface area is 181 Å². The van der Waals surface area contributed by atoms with Crippen LogP contribution in [0, 0.1) is 23.7 Å². The number of anilines is 1. The van der Waals surface area contributed by atoms with Crippen LogP contribution in [0.4, 0.5) is 5.82 Å². The smallest absolute Gasteiger partial charge is 0.153 e. The second-order valence-corrected chi connectivity index (χ2v) is 8.63. The van der Waals surface area contributed by atoms with Gasteiger partial charge in [-0.15, -0.1) is 0 Å². The highest BCUT2D eigenvalue weighted by Gasteiger charge is 2.47. The number of aliphatic hydroxyl groups is 1. The van der Waals surface area contributed by atoms with Gasteiger partial charge in [-0.3, -0.25) is 0 Å². The molecule has 0 amide bonds. The number of nitrogens with two attached hydrogens (primary N) is 1. The minimum atomic E-state index is -0.230. The SMILES string of the molecule is Cc1nc(N2CCC3(CC2)CO[C@@H](C)[C@H]3N)c(CO)nc1-c1cccc(C#N)c1Cl. The summed E-state index contributed by atoms with van der Waals surface area (Å²) in [4.78, 5) is 11.7. The van der Waals surface area contributed by atoms with Gasteiger partial charge in [0.15, 0.2) is 5.82 Å². The molecule has 0 aliphatic carbocycles. The first kappa shape index (κ1) is 21.0. The van der Waals surface area contributed by atoms with Crippen molar-refractivity contribution in [2.24, 2.45) is 11.1 Å². The Kier molecular flexibility index (Phi) is 5.69. The third-order valence-corrected chi connectivity index (χ3v) is 6.96. The fourth-order valence-electron chi connectivity index (χ4n) is 4.59. The van der Waals surface area contributed by atoms with Crippen LogP contribution in [-0.4, -0.2) is 46.9 Å². The maximum Gasteiger partial charge on any atom is 0.153 e. The molecule has 2 fully saturated rings. The lowest BCUT2D eigenvalue weighted by molar-refractivity contribution is 0.0973. The summed E-state index contributed by atoms with van der Waals surface area (Å²) in [7, 11) is 0. The Morgan fingerprint density at radius 3 is 2.70 bits per heavy atom. The van der Waals surface area contributed by atoms with Crippen LogP contribution >= 0.6 is 11.6 Å². The number of hydrogen-bond acceptors (Lipinski definition) is 7. The van der Waals surface area contributed by atoms with Gasteiger partial charge in [0, 0.05) is 30.1 Å². The van der Waals surface area contributed by atoms with E-state index in [-0.39, 0.29) is 24.2 Å². The van der Waals surface area contributed by atoms with Gasteiger partial charge in [-0.05, 0) is 32.8 Å². The zero-order valence-electron chi connectivity index (χ0n) is 17.2. The Hall–Kier alpha value is -2.24. The fourth-order valence-corrected chi connectivity index (χ4v) is 4.85. The molecule has 2 atom stereocenters. The predicted octanol–water partition coefficient (Wildman–Crippen LogP) is 2.80. The molecule has 7 nitrogen and oxygen atoms in total. The van der Waals surface area contributed by atoms with Crippen molar-refractivity contribution in [2.45, 2.75) is 45.4 Å². The summed E-state index contributed by atoms with van der Waals surface area (Å²) in [6, 6.07) is 7.38. The van der Waals surface area contributed by atoms with E-state index in [4.69, 9.17) is 32.0 Å². The van der Waals surface area contributed by atoms with E-state index in [0.717, 1.165) is 25.9 Å². The molecule has 0 bridgehead atoms. The van der Waals surface area contributed by atoms with Crippen molar-refractivity contribution in [3.05, 3.63) is 40.2 Å². The molecule has 0 saturated carbocycles. The molecule has 4 rings (SSSR count). The maximum atomic E-state index is 10.0. The number of aryl methyl sites for hydroxylation is 1. The van der Waals surface area contributed by atoms with Crippen molar-refractivity contribution in [3.63, 3.8) is 0 Å². The molecule has 1 aromatic carbocycles. The normalized spacial score (nSPS) is 23.0. The second kappa shape index (κ2) is 8.12. The van der Waals surface area contributed by atoms with Crippen molar-refractivity contribution in [2.75, 3.05) is 24.6 Å². The number of benzene rings is 1. The van der Waals surface area contributed by atoms with Crippen molar-refractivity contribution < 1.29 is 9.84 Å². The van der Waals surface area contributed by atoms with Crippen LogP contribution in [-0.2, 0) is 11.3 Å². The maximum absolute atomic E-state index is 10.0. The monoisotopic (exact) mass is 427 g/mol. The molecule has 2 saturated heterocycles. The quantitative estimate of drug-likeness (QED) is 0.775. The Morgan fingerprint density at radius 1 is 1.37 bits per heavy atom. The molecule has 0 unspecified atom stereocenters. The number of hydrogen-bond donors (Lipinski definition) is 2. The van der Waals surface area contributed by atoms with Gasteiger partial charge < -0.3 is 20.5 Å². The topological polar surface area (TPSA) is 108 Å². The lowest BCUT2D eigenvalue weighted by Crippen LogP contribution is -2.51. The number of aromatic nitrogens is 2. The van der Waals surface area contributed by atoms with E-state index in [2.05, 4.69) is 11.0 Å². The van der Waals surface area contributed by atoms with Gasteiger partial charge in [0.2, 0.25) is 0 Å². The number of rotatable bonds is 3. The lowest BCUT2D eigenvalue weighted by Gasteiger charge is -2.42. The van der Waals surface area contributed by atoms with Crippen LogP contribution in [0.2, 0.25) is 5.02 Å². The summed E-state index contributed by atoms with van der Waals surface area (Å²) in [6.45, 7) is 5.95. The molecular formula is C22H26ClN5O2. The predicted molar refractivity (Wildman–Crippen MR) is 115 cm³/mol. The van der Waals surface area contributed by atoms with Crippen molar-refractivity contribution in [1.29, 1.82) is 5.26 Å². The largest absolute Gasteiger partial charge is 0.390 e. The van der Waals surface area contributed by atoms with E-state index in [9.17, 15) is 10.4 Å². The Bertz CT molecular complexity index is 998. The number of nitriles is 1. The molecule has 2 aliphatic rings. The third kappa shape index (κ3) is 3.44. The van der Waals surface area contributed by atoms with Gasteiger partial charge >= 0.3 is 0 Å². The van der Waals surface area contributed by atoms with Gasteiger partial charge in [-0.25, -0.2) is 9.97 Å². The lowest BCUT2D eigenvalue weighted by atomic mass is 9.73. The highest BCUT2D eigenvalue weighted by molar-refractivity contribution is 6.34. The van der Waals surface area contributed by atoms with Crippen molar-refractivity contribution in [1.82, 2.24) is 9.97 Å². The number of halogens is 1. The van der Waals surface area contributed by atoms with Crippen LogP contribution in [0.15, 0.2) is 18.2 Å². The summed E-state index contributed by atoms with van der Waals surface area (Å²) in [6.07, 6.45) is 1.92. The molecule has 8 heteroatoms. The molecule has 158 valence electrons. The first-order chi connectivity index (χ1) is 14.4. The fraction of sp³-hybridized carbons (Fsp3) is 0.500. The minimum absolute atomic E-state index is 0.0168. The number of aliphatic hydroxyl groups excluding tert-OH is 1. The van der Waals surface area contributed by atoms with Crippen LogP contribution in [0.1, 0.15) is 36.7 Å². The van der Waals surface area contributed by atoms with Crippen LogP contribution in [0.25, 0.3) is 11.3 Å². The van der Waals surface area contributed by atoms with Crippen molar-refractivity contribution >= 4 is 17.4 Å². The highest BCUT2D eigenvalue weighted by atomic mass is 35.5. The molecule has 0 radical (unpaired) electrons. The summed E-state index contributed by atoms with van der Waals surface area (Å²) in [5.41, 5.74) is 9.26. The Morgan fingerprint density at radius 2 is 2.10 bits per heavy atom. The van der Waals surface area contributed by atoms with Gasteiger partial charge in [-0.2, -0.15) is 5.26 Å². The summed E-state index contributed by atoms with van der Waals surface area (Å²) in [5.74, 6) is 0.696. The van der Waals surface area contributed by atoms with E-state index in [1.165, 1.54) is 0 Å². The van der Waals surface area contributed by atoms with E-state index >= 15 is 0 Å². The van der Waals surface area contributed by atoms with Crippen LogP contribution in [0.5, 0.6) is 0 Å². The standard InChI is InChI=1S/C22H26ClN5O2/c1-13-19(16-5-3-4-15(10-24)18(16)23)27-17(11-29)21(26-13)28-8-6-22(7-9-28)12-30-14(2)20(22)25/h3-5,14,20,29H,6-9,11-12,25H2,1-2H3/t14-,20+/m0/s1. The number of nitrogens with zero attached hydrogens (tertiary/aromatic N) is 4. The average molecular weight is 428 g/mol. The first-order valence-corrected chi connectivity index (χ1v) is 10.6. The molecule has 1 aromatic heterocycles.